The molecule has 0 amide bonds. The van der Waals surface area contributed by atoms with Crippen LogP contribution in [0.2, 0.25) is 0 Å². The zero-order valence-corrected chi connectivity index (χ0v) is 13.3. The number of nitrogens with zero attached hydrogens (tertiary/aromatic N) is 3. The molecule has 1 N–H and O–H groups in total. The Kier molecular flexibility index (Phi) is 4.41. The third-order valence-corrected chi connectivity index (χ3v) is 4.13. The first-order chi connectivity index (χ1) is 11.0. The van der Waals surface area contributed by atoms with Gasteiger partial charge in [-0.3, -0.25) is 0 Å². The Balaban J connectivity index is 1.82. The number of nitrogens with one attached hydrogen (secondary N) is 1. The third-order valence-electron chi connectivity index (χ3n) is 4.13. The minimum absolute atomic E-state index is 0.197. The van der Waals surface area contributed by atoms with Crippen molar-refractivity contribution in [2.24, 2.45) is 5.92 Å². The van der Waals surface area contributed by atoms with Gasteiger partial charge in [0.2, 0.25) is 0 Å². The molecular weight excluding hydrogens is 298 g/mol. The maximum absolute atomic E-state index is 13.8. The average Bonchev–Trinajstić information content (AvgIpc) is 2.50. The van der Waals surface area contributed by atoms with Gasteiger partial charge in [-0.25, -0.2) is 18.7 Å². The fourth-order valence-corrected chi connectivity index (χ4v) is 2.74. The Morgan fingerprint density at radius 3 is 2.57 bits per heavy atom. The molecule has 1 aromatic carbocycles. The van der Waals surface area contributed by atoms with Crippen molar-refractivity contribution in [3.8, 4) is 0 Å². The predicted molar refractivity (Wildman–Crippen MR) is 87.0 cm³/mol. The first-order valence-corrected chi connectivity index (χ1v) is 7.84. The van der Waals surface area contributed by atoms with E-state index in [2.05, 4.69) is 27.1 Å². The standard InChI is InChI=1S/C17H20F2N4/c1-11-5-7-23(8-6-11)17-10-16(20-12(2)21-17)22-15-4-3-13(18)9-14(15)19/h3-4,9-11H,5-8H2,1-2H3,(H,20,21,22). The van der Waals surface area contributed by atoms with Crippen LogP contribution in [0.4, 0.5) is 26.1 Å². The highest BCUT2D eigenvalue weighted by Crippen LogP contribution is 2.25. The molecular formula is C17H20F2N4. The molecule has 1 aliphatic rings. The molecule has 0 saturated carbocycles. The highest BCUT2D eigenvalue weighted by atomic mass is 19.1. The number of anilines is 3. The molecule has 0 aliphatic carbocycles. The van der Waals surface area contributed by atoms with Crippen molar-refractivity contribution in [3.05, 3.63) is 41.7 Å². The average molecular weight is 318 g/mol. The van der Waals surface area contributed by atoms with Crippen LogP contribution in [0.15, 0.2) is 24.3 Å². The molecule has 4 nitrogen and oxygen atoms in total. The van der Waals surface area contributed by atoms with Gasteiger partial charge in [0.25, 0.3) is 0 Å². The number of aromatic nitrogens is 2. The number of aryl methyl sites for hydroxylation is 1. The molecule has 0 bridgehead atoms. The SMILES string of the molecule is Cc1nc(Nc2ccc(F)cc2F)cc(N2CCC(C)CC2)n1. The molecule has 0 unspecified atom stereocenters. The normalized spacial score (nSPS) is 15.7. The summed E-state index contributed by atoms with van der Waals surface area (Å²) < 4.78 is 26.8. The minimum atomic E-state index is -0.644. The minimum Gasteiger partial charge on any atom is -0.356 e. The highest BCUT2D eigenvalue weighted by molar-refractivity contribution is 5.60. The summed E-state index contributed by atoms with van der Waals surface area (Å²) >= 11 is 0. The van der Waals surface area contributed by atoms with Crippen LogP contribution in [0.25, 0.3) is 0 Å². The Morgan fingerprint density at radius 1 is 1.13 bits per heavy atom. The molecule has 1 aliphatic heterocycles. The van der Waals surface area contributed by atoms with Crippen LogP contribution in [0.5, 0.6) is 0 Å². The second-order valence-electron chi connectivity index (χ2n) is 6.08. The van der Waals surface area contributed by atoms with E-state index in [1.54, 1.807) is 0 Å². The lowest BCUT2D eigenvalue weighted by Gasteiger charge is -2.31. The van der Waals surface area contributed by atoms with Gasteiger partial charge < -0.3 is 10.2 Å². The lowest BCUT2D eigenvalue weighted by molar-refractivity contribution is 0.436. The number of piperidine rings is 1. The molecule has 0 radical (unpaired) electrons. The molecule has 23 heavy (non-hydrogen) atoms. The van der Waals surface area contributed by atoms with Gasteiger partial charge in [0, 0.05) is 25.2 Å². The zero-order chi connectivity index (χ0) is 16.4. The summed E-state index contributed by atoms with van der Waals surface area (Å²) in [7, 11) is 0. The fourth-order valence-electron chi connectivity index (χ4n) is 2.74. The Hall–Kier alpha value is -2.24. The lowest BCUT2D eigenvalue weighted by atomic mass is 9.99. The number of hydrogen-bond donors (Lipinski definition) is 1. The van der Waals surface area contributed by atoms with Crippen molar-refractivity contribution < 1.29 is 8.78 Å². The summed E-state index contributed by atoms with van der Waals surface area (Å²) in [5, 5.41) is 2.91. The van der Waals surface area contributed by atoms with Crippen LogP contribution >= 0.6 is 0 Å². The molecule has 0 atom stereocenters. The van der Waals surface area contributed by atoms with Gasteiger partial charge in [0.05, 0.1) is 5.69 Å². The molecule has 1 fully saturated rings. The second kappa shape index (κ2) is 6.48. The molecule has 1 aromatic heterocycles. The maximum atomic E-state index is 13.8. The zero-order valence-electron chi connectivity index (χ0n) is 13.3. The van der Waals surface area contributed by atoms with Gasteiger partial charge >= 0.3 is 0 Å². The van der Waals surface area contributed by atoms with Gasteiger partial charge in [-0.05, 0) is 37.8 Å². The van der Waals surface area contributed by atoms with Crippen molar-refractivity contribution >= 4 is 17.3 Å². The van der Waals surface area contributed by atoms with Crippen molar-refractivity contribution in [1.82, 2.24) is 9.97 Å². The Bertz CT molecular complexity index is 697. The van der Waals surface area contributed by atoms with E-state index >= 15 is 0 Å². The van der Waals surface area contributed by atoms with Crippen molar-refractivity contribution in [2.75, 3.05) is 23.3 Å². The van der Waals surface area contributed by atoms with E-state index in [0.29, 0.717) is 11.6 Å². The van der Waals surface area contributed by atoms with Crippen LogP contribution in [-0.4, -0.2) is 23.1 Å². The van der Waals surface area contributed by atoms with E-state index in [1.165, 1.54) is 12.1 Å². The largest absolute Gasteiger partial charge is 0.356 e. The molecule has 2 aromatic rings. The van der Waals surface area contributed by atoms with Gasteiger partial charge in [0.1, 0.15) is 29.1 Å². The van der Waals surface area contributed by atoms with E-state index in [1.807, 2.05) is 13.0 Å². The summed E-state index contributed by atoms with van der Waals surface area (Å²) in [6.45, 7) is 5.99. The van der Waals surface area contributed by atoms with Crippen LogP contribution in [0.1, 0.15) is 25.6 Å². The van der Waals surface area contributed by atoms with Gasteiger partial charge in [-0.1, -0.05) is 6.92 Å². The highest BCUT2D eigenvalue weighted by Gasteiger charge is 2.18. The third kappa shape index (κ3) is 3.75. The van der Waals surface area contributed by atoms with Crippen molar-refractivity contribution in [2.45, 2.75) is 26.7 Å². The van der Waals surface area contributed by atoms with Crippen molar-refractivity contribution in [3.63, 3.8) is 0 Å². The first kappa shape index (κ1) is 15.6. The van der Waals surface area contributed by atoms with Crippen LogP contribution in [0.3, 0.4) is 0 Å². The van der Waals surface area contributed by atoms with Crippen LogP contribution < -0.4 is 10.2 Å². The van der Waals surface area contributed by atoms with E-state index < -0.39 is 11.6 Å². The monoisotopic (exact) mass is 318 g/mol. The molecule has 3 rings (SSSR count). The van der Waals surface area contributed by atoms with E-state index in [-0.39, 0.29) is 5.69 Å². The number of benzene rings is 1. The number of halogens is 2. The fraction of sp³-hybridized carbons (Fsp3) is 0.412. The molecule has 0 spiro atoms. The van der Waals surface area contributed by atoms with Crippen molar-refractivity contribution in [1.29, 1.82) is 0 Å². The van der Waals surface area contributed by atoms with Gasteiger partial charge in [-0.15, -0.1) is 0 Å². The molecule has 6 heteroatoms. The van der Waals surface area contributed by atoms with Crippen LogP contribution in [0, 0.1) is 24.5 Å². The quantitative estimate of drug-likeness (QED) is 0.927. The van der Waals surface area contributed by atoms with Gasteiger partial charge in [0.15, 0.2) is 0 Å². The van der Waals surface area contributed by atoms with Gasteiger partial charge in [-0.2, -0.15) is 0 Å². The Labute approximate surface area is 134 Å². The summed E-state index contributed by atoms with van der Waals surface area (Å²) in [6, 6.07) is 5.24. The smallest absolute Gasteiger partial charge is 0.149 e. The molecule has 122 valence electrons. The predicted octanol–water partition coefficient (Wildman–Crippen LogP) is 4.04. The summed E-state index contributed by atoms with van der Waals surface area (Å²) in [4.78, 5) is 11.0. The number of rotatable bonds is 3. The van der Waals surface area contributed by atoms with E-state index in [0.717, 1.165) is 43.7 Å². The molecule has 1 saturated heterocycles. The second-order valence-corrected chi connectivity index (χ2v) is 6.08. The maximum Gasteiger partial charge on any atom is 0.149 e. The summed E-state index contributed by atoms with van der Waals surface area (Å²) in [5.74, 6) is 1.46. The number of hydrogen-bond acceptors (Lipinski definition) is 4. The Morgan fingerprint density at radius 2 is 1.87 bits per heavy atom. The lowest BCUT2D eigenvalue weighted by Crippen LogP contribution is -2.33. The van der Waals surface area contributed by atoms with Crippen LogP contribution in [-0.2, 0) is 0 Å². The first-order valence-electron chi connectivity index (χ1n) is 7.84. The van der Waals surface area contributed by atoms with E-state index in [9.17, 15) is 8.78 Å². The molecule has 2 heterocycles. The van der Waals surface area contributed by atoms with E-state index in [4.69, 9.17) is 0 Å². The summed E-state index contributed by atoms with van der Waals surface area (Å²) in [5.41, 5.74) is 0.197. The summed E-state index contributed by atoms with van der Waals surface area (Å²) in [6.07, 6.45) is 2.27. The topological polar surface area (TPSA) is 41.1 Å².